The number of halogens is 2. The van der Waals surface area contributed by atoms with Crippen LogP contribution in [0.3, 0.4) is 0 Å². The summed E-state index contributed by atoms with van der Waals surface area (Å²) in [4.78, 5) is 2.24. The lowest BCUT2D eigenvalue weighted by molar-refractivity contribution is -0.0353. The Morgan fingerprint density at radius 3 is 3.05 bits per heavy atom. The SMILES string of the molecule is Cn1cnnc1[C@@H]1CN(CCc2c(F)cccc2Cl)CCO1. The second kappa shape index (κ2) is 6.73. The van der Waals surface area contributed by atoms with Gasteiger partial charge in [0.15, 0.2) is 5.82 Å². The standard InChI is InChI=1S/C15H18ClFN4O/c1-20-10-18-19-15(20)14-9-21(7-8-22-14)6-5-11-12(16)3-2-4-13(11)17/h2-4,10,14H,5-9H2,1H3/t14-/m0/s1. The van der Waals surface area contributed by atoms with Crippen LogP contribution in [0.15, 0.2) is 24.5 Å². The van der Waals surface area contributed by atoms with Crippen LogP contribution in [0.25, 0.3) is 0 Å². The molecule has 7 heteroatoms. The smallest absolute Gasteiger partial charge is 0.163 e. The van der Waals surface area contributed by atoms with Crippen molar-refractivity contribution in [2.45, 2.75) is 12.5 Å². The van der Waals surface area contributed by atoms with E-state index in [4.69, 9.17) is 16.3 Å². The van der Waals surface area contributed by atoms with Gasteiger partial charge in [-0.3, -0.25) is 4.90 Å². The maximum Gasteiger partial charge on any atom is 0.163 e. The van der Waals surface area contributed by atoms with Gasteiger partial charge in [0.25, 0.3) is 0 Å². The topological polar surface area (TPSA) is 43.2 Å². The number of rotatable bonds is 4. The Morgan fingerprint density at radius 1 is 1.45 bits per heavy atom. The van der Waals surface area contributed by atoms with E-state index in [1.807, 2.05) is 11.6 Å². The Morgan fingerprint density at radius 2 is 2.32 bits per heavy atom. The molecule has 1 saturated heterocycles. The van der Waals surface area contributed by atoms with Crippen LogP contribution in [0.2, 0.25) is 5.02 Å². The minimum atomic E-state index is -0.245. The van der Waals surface area contributed by atoms with Crippen molar-refractivity contribution in [3.8, 4) is 0 Å². The van der Waals surface area contributed by atoms with Gasteiger partial charge < -0.3 is 9.30 Å². The average molecular weight is 325 g/mol. The number of benzene rings is 1. The normalized spacial score (nSPS) is 19.5. The minimum Gasteiger partial charge on any atom is -0.368 e. The molecule has 1 aromatic carbocycles. The predicted molar refractivity (Wildman–Crippen MR) is 81.3 cm³/mol. The molecule has 0 N–H and O–H groups in total. The predicted octanol–water partition coefficient (Wildman–Crippen LogP) is 2.22. The minimum absolute atomic E-state index is 0.0997. The number of hydrogen-bond acceptors (Lipinski definition) is 4. The summed E-state index contributed by atoms with van der Waals surface area (Å²) in [6.45, 7) is 2.90. The van der Waals surface area contributed by atoms with Gasteiger partial charge in [-0.05, 0) is 18.6 Å². The molecule has 0 unspecified atom stereocenters. The van der Waals surface area contributed by atoms with Crippen molar-refractivity contribution in [3.63, 3.8) is 0 Å². The molecular weight excluding hydrogens is 307 g/mol. The second-order valence-electron chi connectivity index (χ2n) is 5.41. The molecule has 1 atom stereocenters. The number of morpholine rings is 1. The molecular formula is C15H18ClFN4O. The zero-order valence-corrected chi connectivity index (χ0v) is 13.1. The summed E-state index contributed by atoms with van der Waals surface area (Å²) in [6, 6.07) is 4.80. The molecule has 2 heterocycles. The largest absolute Gasteiger partial charge is 0.368 e. The molecule has 5 nitrogen and oxygen atoms in total. The highest BCUT2D eigenvalue weighted by atomic mass is 35.5. The highest BCUT2D eigenvalue weighted by Crippen LogP contribution is 2.22. The van der Waals surface area contributed by atoms with E-state index in [1.165, 1.54) is 6.07 Å². The molecule has 1 aliphatic rings. The van der Waals surface area contributed by atoms with E-state index in [9.17, 15) is 4.39 Å². The van der Waals surface area contributed by atoms with Crippen molar-refractivity contribution in [1.29, 1.82) is 0 Å². The molecule has 0 bridgehead atoms. The first-order valence-electron chi connectivity index (χ1n) is 7.26. The first-order chi connectivity index (χ1) is 10.6. The lowest BCUT2D eigenvalue weighted by atomic mass is 10.1. The summed E-state index contributed by atoms with van der Waals surface area (Å²) in [5.41, 5.74) is 0.575. The molecule has 1 aliphatic heterocycles. The molecule has 0 amide bonds. The van der Waals surface area contributed by atoms with Gasteiger partial charge in [-0.2, -0.15) is 0 Å². The van der Waals surface area contributed by atoms with Crippen molar-refractivity contribution in [2.75, 3.05) is 26.2 Å². The number of aryl methyl sites for hydroxylation is 1. The molecule has 0 spiro atoms. The van der Waals surface area contributed by atoms with Crippen molar-refractivity contribution in [3.05, 3.63) is 46.8 Å². The molecule has 3 rings (SSSR count). The van der Waals surface area contributed by atoms with Gasteiger partial charge in [0.2, 0.25) is 0 Å². The van der Waals surface area contributed by atoms with Crippen LogP contribution >= 0.6 is 11.6 Å². The third-order valence-corrected chi connectivity index (χ3v) is 4.28. The molecule has 118 valence electrons. The monoisotopic (exact) mass is 324 g/mol. The summed E-state index contributed by atoms with van der Waals surface area (Å²) in [7, 11) is 1.90. The van der Waals surface area contributed by atoms with Gasteiger partial charge in [0.1, 0.15) is 18.2 Å². The Balaban J connectivity index is 1.62. The molecule has 0 radical (unpaired) electrons. The van der Waals surface area contributed by atoms with Crippen molar-refractivity contribution in [2.24, 2.45) is 7.05 Å². The van der Waals surface area contributed by atoms with Crippen LogP contribution < -0.4 is 0 Å². The first kappa shape index (κ1) is 15.4. The number of nitrogens with zero attached hydrogens (tertiary/aromatic N) is 4. The molecule has 1 aromatic heterocycles. The summed E-state index contributed by atoms with van der Waals surface area (Å²) in [5.74, 6) is 0.569. The van der Waals surface area contributed by atoms with E-state index < -0.39 is 0 Å². The first-order valence-corrected chi connectivity index (χ1v) is 7.63. The van der Waals surface area contributed by atoms with Gasteiger partial charge in [-0.15, -0.1) is 10.2 Å². The summed E-state index contributed by atoms with van der Waals surface area (Å²) < 4.78 is 21.4. The maximum absolute atomic E-state index is 13.8. The molecule has 0 saturated carbocycles. The lowest BCUT2D eigenvalue weighted by Gasteiger charge is -2.32. The van der Waals surface area contributed by atoms with Gasteiger partial charge in [-0.1, -0.05) is 17.7 Å². The fraction of sp³-hybridized carbons (Fsp3) is 0.467. The number of ether oxygens (including phenoxy) is 1. The van der Waals surface area contributed by atoms with Gasteiger partial charge >= 0.3 is 0 Å². The third-order valence-electron chi connectivity index (χ3n) is 3.92. The Hall–Kier alpha value is -1.50. The quantitative estimate of drug-likeness (QED) is 0.865. The van der Waals surface area contributed by atoms with Gasteiger partial charge in [0.05, 0.1) is 6.61 Å². The fourth-order valence-corrected chi connectivity index (χ4v) is 2.94. The van der Waals surface area contributed by atoms with Crippen LogP contribution in [-0.4, -0.2) is 45.9 Å². The lowest BCUT2D eigenvalue weighted by Crippen LogP contribution is -2.40. The fourth-order valence-electron chi connectivity index (χ4n) is 2.69. The summed E-state index contributed by atoms with van der Waals surface area (Å²) in [6.07, 6.45) is 2.14. The van der Waals surface area contributed by atoms with Crippen molar-refractivity contribution in [1.82, 2.24) is 19.7 Å². The molecule has 1 fully saturated rings. The maximum atomic E-state index is 13.8. The van der Waals surface area contributed by atoms with Crippen LogP contribution in [-0.2, 0) is 18.2 Å². The van der Waals surface area contributed by atoms with Crippen LogP contribution in [0.1, 0.15) is 17.5 Å². The van der Waals surface area contributed by atoms with Crippen LogP contribution in [0, 0.1) is 5.82 Å². The Bertz CT molecular complexity index is 628. The van der Waals surface area contributed by atoms with E-state index in [-0.39, 0.29) is 11.9 Å². The molecule has 0 aliphatic carbocycles. The molecule has 22 heavy (non-hydrogen) atoms. The van der Waals surface area contributed by atoms with E-state index >= 15 is 0 Å². The van der Waals surface area contributed by atoms with Gasteiger partial charge in [0, 0.05) is 37.3 Å². The van der Waals surface area contributed by atoms with Crippen molar-refractivity contribution < 1.29 is 9.13 Å². The number of hydrogen-bond donors (Lipinski definition) is 0. The zero-order valence-electron chi connectivity index (χ0n) is 12.4. The van der Waals surface area contributed by atoms with E-state index in [0.717, 1.165) is 25.5 Å². The van der Waals surface area contributed by atoms with Crippen molar-refractivity contribution >= 4 is 11.6 Å². The summed E-state index contributed by atoms with van der Waals surface area (Å²) >= 11 is 6.07. The second-order valence-corrected chi connectivity index (χ2v) is 5.82. The highest BCUT2D eigenvalue weighted by Gasteiger charge is 2.25. The van der Waals surface area contributed by atoms with E-state index in [1.54, 1.807) is 18.5 Å². The van der Waals surface area contributed by atoms with Crippen LogP contribution in [0.4, 0.5) is 4.39 Å². The zero-order chi connectivity index (χ0) is 15.5. The van der Waals surface area contributed by atoms with E-state index in [2.05, 4.69) is 15.1 Å². The Labute approximate surface area is 133 Å². The number of aromatic nitrogens is 3. The average Bonchev–Trinajstić information content (AvgIpc) is 2.93. The molecule has 2 aromatic rings. The van der Waals surface area contributed by atoms with E-state index in [0.29, 0.717) is 23.6 Å². The third kappa shape index (κ3) is 3.29. The van der Waals surface area contributed by atoms with Gasteiger partial charge in [-0.25, -0.2) is 4.39 Å². The Kier molecular flexibility index (Phi) is 4.71. The highest BCUT2D eigenvalue weighted by molar-refractivity contribution is 6.31. The van der Waals surface area contributed by atoms with Crippen LogP contribution in [0.5, 0.6) is 0 Å². The summed E-state index contributed by atoms with van der Waals surface area (Å²) in [5, 5.41) is 8.47.